The van der Waals surface area contributed by atoms with Crippen molar-refractivity contribution in [3.05, 3.63) is 52.0 Å². The van der Waals surface area contributed by atoms with E-state index in [0.29, 0.717) is 19.0 Å². The number of carbonyl (C=O) groups is 2. The lowest BCUT2D eigenvalue weighted by atomic mass is 10.00. The number of fused-ring (bicyclic) bond motifs is 1. The Balaban J connectivity index is 1.49. The van der Waals surface area contributed by atoms with Crippen molar-refractivity contribution >= 4 is 23.2 Å². The first-order chi connectivity index (χ1) is 15.4. The number of halogens is 1. The van der Waals surface area contributed by atoms with E-state index < -0.39 is 5.82 Å². The first-order valence-corrected chi connectivity index (χ1v) is 12.3. The molecule has 1 aliphatic carbocycles. The van der Waals surface area contributed by atoms with Crippen LogP contribution in [0.5, 0.6) is 5.75 Å². The summed E-state index contributed by atoms with van der Waals surface area (Å²) in [5, 5.41) is 2.03. The van der Waals surface area contributed by atoms with Gasteiger partial charge in [-0.3, -0.25) is 9.59 Å². The predicted octanol–water partition coefficient (Wildman–Crippen LogP) is 4.68. The molecule has 0 saturated heterocycles. The Morgan fingerprint density at radius 2 is 2.03 bits per heavy atom. The van der Waals surface area contributed by atoms with Gasteiger partial charge in [-0.15, -0.1) is 11.3 Å². The van der Waals surface area contributed by atoms with Gasteiger partial charge in [-0.2, -0.15) is 0 Å². The number of hydrogen-bond acceptors (Lipinski definition) is 4. The standard InChI is InChI=1S/C25H31FN2O3S/c1-17(2)9-12-27(25(30)18-7-8-18)15-24(29)28-13-10-23-19(11-14-32-23)21(28)16-31-22-6-4-3-5-20(22)26/h3-6,11,14,17-18,21H,7-10,12-13,15-16H2,1-2H3/t21-/m1/s1. The average Bonchev–Trinajstić information content (AvgIpc) is 3.51. The summed E-state index contributed by atoms with van der Waals surface area (Å²) < 4.78 is 19.9. The van der Waals surface area contributed by atoms with Gasteiger partial charge < -0.3 is 14.5 Å². The lowest BCUT2D eigenvalue weighted by Gasteiger charge is -2.37. The Bertz CT molecular complexity index is 956. The molecule has 5 nitrogen and oxygen atoms in total. The van der Waals surface area contributed by atoms with E-state index in [9.17, 15) is 14.0 Å². The molecule has 2 heterocycles. The molecule has 0 spiro atoms. The van der Waals surface area contributed by atoms with Crippen LogP contribution in [0.25, 0.3) is 0 Å². The number of amides is 2. The van der Waals surface area contributed by atoms with Crippen molar-refractivity contribution < 1.29 is 18.7 Å². The van der Waals surface area contributed by atoms with E-state index >= 15 is 0 Å². The fourth-order valence-corrected chi connectivity index (χ4v) is 5.06. The van der Waals surface area contributed by atoms with Crippen molar-refractivity contribution in [2.24, 2.45) is 11.8 Å². The van der Waals surface area contributed by atoms with Gasteiger partial charge in [0.25, 0.3) is 0 Å². The molecule has 172 valence electrons. The Morgan fingerprint density at radius 3 is 2.75 bits per heavy atom. The fourth-order valence-electron chi connectivity index (χ4n) is 4.13. The van der Waals surface area contributed by atoms with Gasteiger partial charge in [0.2, 0.25) is 11.8 Å². The second kappa shape index (κ2) is 10.0. The number of thiophene rings is 1. The van der Waals surface area contributed by atoms with E-state index in [1.165, 1.54) is 10.9 Å². The first kappa shape index (κ1) is 22.8. The van der Waals surface area contributed by atoms with E-state index in [1.54, 1.807) is 34.4 Å². The highest BCUT2D eigenvalue weighted by molar-refractivity contribution is 7.10. The topological polar surface area (TPSA) is 49.9 Å². The summed E-state index contributed by atoms with van der Waals surface area (Å²) in [5.74, 6) is 0.351. The molecule has 2 amide bonds. The van der Waals surface area contributed by atoms with Crippen molar-refractivity contribution in [2.75, 3.05) is 26.2 Å². The van der Waals surface area contributed by atoms with E-state index in [-0.39, 0.29) is 42.7 Å². The van der Waals surface area contributed by atoms with Crippen LogP contribution in [0, 0.1) is 17.7 Å². The largest absolute Gasteiger partial charge is 0.488 e. The zero-order valence-corrected chi connectivity index (χ0v) is 19.6. The van der Waals surface area contributed by atoms with Crippen molar-refractivity contribution in [3.63, 3.8) is 0 Å². The summed E-state index contributed by atoms with van der Waals surface area (Å²) in [6, 6.07) is 8.05. The van der Waals surface area contributed by atoms with E-state index in [4.69, 9.17) is 4.74 Å². The van der Waals surface area contributed by atoms with Crippen LogP contribution in [0.1, 0.15) is 49.6 Å². The van der Waals surface area contributed by atoms with Gasteiger partial charge in [0, 0.05) is 23.9 Å². The van der Waals surface area contributed by atoms with Crippen LogP contribution in [-0.4, -0.2) is 47.9 Å². The highest BCUT2D eigenvalue weighted by Gasteiger charge is 2.37. The molecule has 0 N–H and O–H groups in total. The third-order valence-corrected chi connectivity index (χ3v) is 7.19. The van der Waals surface area contributed by atoms with Crippen LogP contribution in [0.15, 0.2) is 35.7 Å². The van der Waals surface area contributed by atoms with Crippen molar-refractivity contribution in [1.82, 2.24) is 9.80 Å². The van der Waals surface area contributed by atoms with Gasteiger partial charge in [-0.25, -0.2) is 4.39 Å². The Kier molecular flexibility index (Phi) is 7.13. The van der Waals surface area contributed by atoms with Crippen LogP contribution in [0.2, 0.25) is 0 Å². The predicted molar refractivity (Wildman–Crippen MR) is 123 cm³/mol. The molecule has 1 aliphatic heterocycles. The summed E-state index contributed by atoms with van der Waals surface area (Å²) in [6.07, 6.45) is 3.51. The number of carbonyl (C=O) groups excluding carboxylic acids is 2. The van der Waals surface area contributed by atoms with E-state index in [2.05, 4.69) is 13.8 Å². The quantitative estimate of drug-likeness (QED) is 0.548. The van der Waals surface area contributed by atoms with Crippen LogP contribution in [-0.2, 0) is 16.0 Å². The van der Waals surface area contributed by atoms with Gasteiger partial charge in [0.05, 0.1) is 12.6 Å². The maximum Gasteiger partial charge on any atom is 0.242 e. The third-order valence-electron chi connectivity index (χ3n) is 6.19. The van der Waals surface area contributed by atoms with Crippen LogP contribution in [0.3, 0.4) is 0 Å². The molecule has 1 aromatic carbocycles. The molecule has 2 aliphatic rings. The number of para-hydroxylation sites is 1. The van der Waals surface area contributed by atoms with Gasteiger partial charge in [-0.1, -0.05) is 26.0 Å². The normalized spacial score (nSPS) is 17.9. The SMILES string of the molecule is CC(C)CCN(CC(=O)N1CCc2sccc2[C@H]1COc1ccccc1F)C(=O)C1CC1. The minimum absolute atomic E-state index is 0.0678. The molecular weight excluding hydrogens is 427 g/mol. The molecule has 1 aromatic heterocycles. The molecule has 1 saturated carbocycles. The Hall–Kier alpha value is -2.41. The summed E-state index contributed by atoms with van der Waals surface area (Å²) >= 11 is 1.68. The lowest BCUT2D eigenvalue weighted by molar-refractivity contribution is -0.143. The molecular formula is C25H31FN2O3S. The van der Waals surface area contributed by atoms with Gasteiger partial charge in [0.1, 0.15) is 6.61 Å². The monoisotopic (exact) mass is 458 g/mol. The minimum atomic E-state index is -0.415. The van der Waals surface area contributed by atoms with Crippen molar-refractivity contribution in [2.45, 2.75) is 45.6 Å². The molecule has 0 bridgehead atoms. The second-order valence-corrected chi connectivity index (χ2v) is 10.1. The smallest absolute Gasteiger partial charge is 0.242 e. The zero-order valence-electron chi connectivity index (χ0n) is 18.8. The first-order valence-electron chi connectivity index (χ1n) is 11.5. The van der Waals surface area contributed by atoms with Crippen LogP contribution in [0.4, 0.5) is 4.39 Å². The summed E-state index contributed by atoms with van der Waals surface area (Å²) in [6.45, 7) is 5.71. The van der Waals surface area contributed by atoms with Gasteiger partial charge in [-0.05, 0) is 60.7 Å². The van der Waals surface area contributed by atoms with E-state index in [0.717, 1.165) is 31.2 Å². The molecule has 1 atom stereocenters. The number of nitrogens with zero attached hydrogens (tertiary/aromatic N) is 2. The summed E-state index contributed by atoms with van der Waals surface area (Å²) in [4.78, 5) is 31.0. The number of rotatable bonds is 9. The number of benzene rings is 1. The number of ether oxygens (including phenoxy) is 1. The summed E-state index contributed by atoms with van der Waals surface area (Å²) in [5.41, 5.74) is 1.06. The maximum absolute atomic E-state index is 14.1. The zero-order chi connectivity index (χ0) is 22.7. The van der Waals surface area contributed by atoms with Crippen molar-refractivity contribution in [1.29, 1.82) is 0 Å². The van der Waals surface area contributed by atoms with Crippen LogP contribution < -0.4 is 4.74 Å². The molecule has 0 radical (unpaired) electrons. The highest BCUT2D eigenvalue weighted by atomic mass is 32.1. The molecule has 32 heavy (non-hydrogen) atoms. The second-order valence-electron chi connectivity index (χ2n) is 9.11. The molecule has 1 fully saturated rings. The Morgan fingerprint density at radius 1 is 1.25 bits per heavy atom. The van der Waals surface area contributed by atoms with Crippen LogP contribution >= 0.6 is 11.3 Å². The lowest BCUT2D eigenvalue weighted by Crippen LogP contribution is -2.48. The van der Waals surface area contributed by atoms with Gasteiger partial charge >= 0.3 is 0 Å². The highest BCUT2D eigenvalue weighted by Crippen LogP contribution is 2.35. The van der Waals surface area contributed by atoms with Crippen molar-refractivity contribution in [3.8, 4) is 5.75 Å². The molecule has 2 aromatic rings. The molecule has 4 rings (SSSR count). The average molecular weight is 459 g/mol. The third kappa shape index (κ3) is 5.31. The van der Waals surface area contributed by atoms with E-state index in [1.807, 2.05) is 16.3 Å². The fraction of sp³-hybridized carbons (Fsp3) is 0.520. The minimum Gasteiger partial charge on any atom is -0.488 e. The number of hydrogen-bond donors (Lipinski definition) is 0. The maximum atomic E-state index is 14.1. The molecule has 0 unspecified atom stereocenters. The van der Waals surface area contributed by atoms with Gasteiger partial charge in [0.15, 0.2) is 11.6 Å². The Labute approximate surface area is 193 Å². The summed E-state index contributed by atoms with van der Waals surface area (Å²) in [7, 11) is 0. The molecule has 7 heteroatoms.